The molecule has 66 heavy (non-hydrogen) atoms. The number of amides is 3. The highest BCUT2D eigenvalue weighted by atomic mass is 35.5. The molecule has 15 nitrogen and oxygen atoms in total. The van der Waals surface area contributed by atoms with Crippen molar-refractivity contribution in [2.75, 3.05) is 62.7 Å². The van der Waals surface area contributed by atoms with Gasteiger partial charge in [0.2, 0.25) is 15.9 Å². The van der Waals surface area contributed by atoms with Crippen LogP contribution in [0.1, 0.15) is 78.8 Å². The number of hydrogen-bond donors (Lipinski definition) is 2. The minimum Gasteiger partial charge on any atom is -0.507 e. The first-order chi connectivity index (χ1) is 32.0. The number of alkyl halides is 1. The molecule has 4 atom stereocenters. The van der Waals surface area contributed by atoms with E-state index in [1.807, 2.05) is 30.3 Å². The summed E-state index contributed by atoms with van der Waals surface area (Å²) >= 11 is 6.40. The van der Waals surface area contributed by atoms with E-state index < -0.39 is 34.7 Å². The molecule has 0 aromatic heterocycles. The van der Waals surface area contributed by atoms with Gasteiger partial charge in [-0.3, -0.25) is 9.59 Å². The van der Waals surface area contributed by atoms with Crippen LogP contribution in [0.4, 0.5) is 16.2 Å². The highest BCUT2D eigenvalue weighted by molar-refractivity contribution is 7.89. The Labute approximate surface area is 389 Å². The molecule has 0 aliphatic carbocycles. The lowest BCUT2D eigenvalue weighted by Gasteiger charge is -2.42. The summed E-state index contributed by atoms with van der Waals surface area (Å²) in [4.78, 5) is 47.6. The van der Waals surface area contributed by atoms with Gasteiger partial charge < -0.3 is 38.6 Å². The summed E-state index contributed by atoms with van der Waals surface area (Å²) in [5, 5.41) is 12.4. The molecular weight excluding hydrogens is 888 g/mol. The van der Waals surface area contributed by atoms with Gasteiger partial charge in [-0.15, -0.1) is 11.6 Å². The van der Waals surface area contributed by atoms with E-state index in [1.165, 1.54) is 37.3 Å². The minimum atomic E-state index is -3.67. The number of fused-ring (bicyclic) bond motifs is 5. The first kappa shape index (κ1) is 46.9. The average Bonchev–Trinajstić information content (AvgIpc) is 3.68. The Kier molecular flexibility index (Phi) is 14.5. The molecule has 8 rings (SSSR count). The van der Waals surface area contributed by atoms with Crippen molar-refractivity contribution in [2.45, 2.75) is 80.7 Å². The molecule has 2 N–H and O–H groups in total. The van der Waals surface area contributed by atoms with Crippen LogP contribution in [0.15, 0.2) is 90.4 Å². The van der Waals surface area contributed by atoms with Crippen molar-refractivity contribution >= 4 is 67.3 Å². The maximum Gasteiger partial charge on any atom is 0.416 e. The molecule has 4 heterocycles. The number of nitrogens with one attached hydrogen (secondary N) is 1. The van der Waals surface area contributed by atoms with Crippen LogP contribution >= 0.6 is 11.6 Å². The van der Waals surface area contributed by atoms with Gasteiger partial charge in [0.05, 0.1) is 41.6 Å². The number of sulfonamides is 1. The zero-order valence-corrected chi connectivity index (χ0v) is 38.7. The van der Waals surface area contributed by atoms with E-state index in [0.717, 1.165) is 40.3 Å². The van der Waals surface area contributed by atoms with Crippen LogP contribution in [0.2, 0.25) is 0 Å². The van der Waals surface area contributed by atoms with E-state index in [4.69, 9.17) is 35.3 Å². The first-order valence-corrected chi connectivity index (χ1v) is 24.3. The normalized spacial score (nSPS) is 20.5. The molecule has 4 aliphatic rings. The largest absolute Gasteiger partial charge is 0.507 e. The lowest BCUT2D eigenvalue weighted by atomic mass is 9.92. The fourth-order valence-corrected chi connectivity index (χ4v) is 10.3. The lowest BCUT2D eigenvalue weighted by Crippen LogP contribution is -2.57. The number of rotatable bonds is 16. The molecule has 4 aromatic rings. The number of unbranched alkanes of at least 4 members (excludes halogenated alkanes) is 2. The molecule has 2 unspecified atom stereocenters. The number of nitrogens with zero attached hydrogens (tertiary/aromatic N) is 3. The van der Waals surface area contributed by atoms with Crippen LogP contribution in [-0.2, 0) is 29.0 Å². The van der Waals surface area contributed by atoms with E-state index in [9.17, 15) is 27.9 Å². The molecule has 0 spiro atoms. The summed E-state index contributed by atoms with van der Waals surface area (Å²) in [6.07, 6.45) is 5.50. The molecule has 0 radical (unpaired) electrons. The van der Waals surface area contributed by atoms with Gasteiger partial charge in [0.15, 0.2) is 24.0 Å². The number of ether oxygens (including phenoxy) is 5. The fraction of sp³-hybridized carbons (Fsp3) is 0.408. The quantitative estimate of drug-likeness (QED) is 0.0632. The molecule has 4 aliphatic heterocycles. The summed E-state index contributed by atoms with van der Waals surface area (Å²) < 4.78 is 57.9. The number of aromatic hydroxyl groups is 1. The van der Waals surface area contributed by atoms with E-state index in [-0.39, 0.29) is 83.7 Å². The molecule has 0 bridgehead atoms. The number of carbonyl (C=O) groups is 3. The van der Waals surface area contributed by atoms with E-state index in [0.29, 0.717) is 50.4 Å². The number of hydrogen-bond acceptors (Lipinski definition) is 11. The van der Waals surface area contributed by atoms with Crippen LogP contribution in [0.25, 0.3) is 16.3 Å². The fourth-order valence-electron chi connectivity index (χ4n) is 9.30. The van der Waals surface area contributed by atoms with Gasteiger partial charge in [-0.25, -0.2) is 22.8 Å². The number of halogens is 1. The van der Waals surface area contributed by atoms with Crippen molar-refractivity contribution in [3.05, 3.63) is 102 Å². The molecule has 17 heteroatoms. The average molecular weight is 944 g/mol. The molecule has 350 valence electrons. The standard InChI is InChI=1S/C49H55ClN4O11S/c1-4-22-64-49(58)54-38-28-43(62-23-10-5-6-14-44(56)53-30-33(29-50)46-36-13-8-7-12-35(36)41(55)27-39(46)53)42(61-3)26-37(38)47(57)52-21-20-32(31-16-18-34(19-17-31)66(59,60)51-2)25-40(52)48(54)65-45-15-9-11-24-63-45/h4,7-8,12-13,16-20,26-28,33,40,45,48,51,55H,1,5-6,9-11,14-15,21-25,29-30H2,2-3H3/t33-,40+,45?,48?/m1/s1. The zero-order chi connectivity index (χ0) is 46.5. The summed E-state index contributed by atoms with van der Waals surface area (Å²) in [7, 11) is -0.838. The SMILES string of the molecule is C=CCOC(=O)N1c2cc(OCCCCCC(=O)N3C[C@@H](CCl)c4c3cc(O)c3ccccc43)c(OC)cc2C(=O)N2CC=C(c3ccc(S(=O)(=O)NC)cc3)C[C@H]2C1OC1CCCCO1. The second-order valence-corrected chi connectivity index (χ2v) is 18.9. The topological polar surface area (TPSA) is 173 Å². The van der Waals surface area contributed by atoms with E-state index in [1.54, 1.807) is 40.1 Å². The summed E-state index contributed by atoms with van der Waals surface area (Å²) in [5.74, 6) is 0.575. The molecular formula is C49H55ClN4O11S. The summed E-state index contributed by atoms with van der Waals surface area (Å²) in [6.45, 7) is 4.94. The number of benzene rings is 4. The number of phenolic OH excluding ortho intramolecular Hbond substituents is 1. The monoisotopic (exact) mass is 942 g/mol. The van der Waals surface area contributed by atoms with E-state index in [2.05, 4.69) is 11.3 Å². The van der Waals surface area contributed by atoms with Gasteiger partial charge >= 0.3 is 6.09 Å². The highest BCUT2D eigenvalue weighted by Gasteiger charge is 2.47. The second kappa shape index (κ2) is 20.5. The van der Waals surface area contributed by atoms with Crippen LogP contribution in [-0.4, -0.2) is 108 Å². The van der Waals surface area contributed by atoms with Gasteiger partial charge in [0.1, 0.15) is 12.4 Å². The van der Waals surface area contributed by atoms with Crippen molar-refractivity contribution in [2.24, 2.45) is 0 Å². The van der Waals surface area contributed by atoms with Crippen LogP contribution in [0.5, 0.6) is 17.2 Å². The van der Waals surface area contributed by atoms with Gasteiger partial charge in [-0.05, 0) is 92.3 Å². The Morgan fingerprint density at radius 1 is 1.02 bits per heavy atom. The van der Waals surface area contributed by atoms with Crippen LogP contribution in [0, 0.1) is 0 Å². The molecule has 0 saturated carbocycles. The third-order valence-electron chi connectivity index (χ3n) is 12.7. The van der Waals surface area contributed by atoms with E-state index >= 15 is 0 Å². The van der Waals surface area contributed by atoms with Crippen molar-refractivity contribution in [1.82, 2.24) is 9.62 Å². The molecule has 1 fully saturated rings. The van der Waals surface area contributed by atoms with Gasteiger partial charge in [0, 0.05) is 55.4 Å². The smallest absolute Gasteiger partial charge is 0.416 e. The van der Waals surface area contributed by atoms with Gasteiger partial charge in [0.25, 0.3) is 5.91 Å². The number of anilines is 2. The van der Waals surface area contributed by atoms with Crippen LogP contribution < -0.4 is 24.0 Å². The Hall–Kier alpha value is -5.65. The summed E-state index contributed by atoms with van der Waals surface area (Å²) in [5.41, 5.74) is 3.64. The Bertz CT molecular complexity index is 2620. The summed E-state index contributed by atoms with van der Waals surface area (Å²) in [6, 6.07) is 18.2. The third kappa shape index (κ3) is 9.47. The molecule has 3 amide bonds. The maximum absolute atomic E-state index is 14.8. The first-order valence-electron chi connectivity index (χ1n) is 22.3. The number of phenols is 1. The number of carbonyl (C=O) groups excluding carboxylic acids is 3. The minimum absolute atomic E-state index is 0.0492. The van der Waals surface area contributed by atoms with Crippen LogP contribution in [0.3, 0.4) is 0 Å². The van der Waals surface area contributed by atoms with Gasteiger partial charge in [-0.1, -0.05) is 55.1 Å². The maximum atomic E-state index is 14.8. The number of methoxy groups -OCH3 is 1. The Morgan fingerprint density at radius 2 is 1.80 bits per heavy atom. The lowest BCUT2D eigenvalue weighted by molar-refractivity contribution is -0.196. The third-order valence-corrected chi connectivity index (χ3v) is 14.5. The Balaban J connectivity index is 1.02. The highest BCUT2D eigenvalue weighted by Crippen LogP contribution is 2.46. The predicted molar refractivity (Wildman–Crippen MR) is 251 cm³/mol. The van der Waals surface area contributed by atoms with Gasteiger partial charge in [-0.2, -0.15) is 0 Å². The zero-order valence-electron chi connectivity index (χ0n) is 37.1. The van der Waals surface area contributed by atoms with Crippen molar-refractivity contribution < 1.29 is 51.6 Å². The second-order valence-electron chi connectivity index (χ2n) is 16.7. The Morgan fingerprint density at radius 3 is 2.52 bits per heavy atom. The predicted octanol–water partition coefficient (Wildman–Crippen LogP) is 8.08. The van der Waals surface area contributed by atoms with Crippen molar-refractivity contribution in [1.29, 1.82) is 0 Å². The van der Waals surface area contributed by atoms with Crippen molar-refractivity contribution in [3.63, 3.8) is 0 Å². The van der Waals surface area contributed by atoms with Crippen molar-refractivity contribution in [3.8, 4) is 17.2 Å². The molecule has 1 saturated heterocycles. The molecule has 4 aromatic carbocycles.